The van der Waals surface area contributed by atoms with Crippen molar-refractivity contribution in [3.05, 3.63) is 35.7 Å². The van der Waals surface area contributed by atoms with Gasteiger partial charge in [-0.1, -0.05) is 12.1 Å². The molecule has 168 valence electrons. The maximum atomic E-state index is 13.1. The number of rotatable bonds is 4. The van der Waals surface area contributed by atoms with Crippen molar-refractivity contribution in [2.24, 2.45) is 11.8 Å². The molecule has 2 saturated carbocycles. The van der Waals surface area contributed by atoms with E-state index in [2.05, 4.69) is 10.00 Å². The predicted molar refractivity (Wildman–Crippen MR) is 111 cm³/mol. The van der Waals surface area contributed by atoms with Crippen LogP contribution in [0.3, 0.4) is 0 Å². The van der Waals surface area contributed by atoms with Gasteiger partial charge < -0.3 is 4.74 Å². The first-order valence-corrected chi connectivity index (χ1v) is 11.3. The highest BCUT2D eigenvalue weighted by atomic mass is 19.4. The molecule has 1 aromatic carbocycles. The second-order valence-corrected chi connectivity index (χ2v) is 9.39. The standard InChI is InChI=1S/C23H29F3N4O/c1-14(2)30-22(27-21(28-30)15-5-3-6-16(11-15)23(24,25)26)20-18-12-17(13-19(18)20)29-7-4-9-31-10-8-29/h3,5-6,11,14,17-20H,4,7-10,12-13H2,1-2H3/t17?,18-,19+,20?. The number of halogens is 3. The van der Waals surface area contributed by atoms with E-state index in [9.17, 15) is 13.2 Å². The maximum Gasteiger partial charge on any atom is 0.416 e. The first-order valence-electron chi connectivity index (χ1n) is 11.3. The smallest absolute Gasteiger partial charge is 0.380 e. The predicted octanol–water partition coefficient (Wildman–Crippen LogP) is 4.76. The van der Waals surface area contributed by atoms with Gasteiger partial charge in [-0.3, -0.25) is 4.90 Å². The second-order valence-electron chi connectivity index (χ2n) is 9.39. The molecule has 1 aliphatic heterocycles. The third kappa shape index (κ3) is 4.00. The van der Waals surface area contributed by atoms with Crippen molar-refractivity contribution in [1.82, 2.24) is 19.7 Å². The van der Waals surface area contributed by atoms with E-state index in [4.69, 9.17) is 9.72 Å². The number of ether oxygens (including phenoxy) is 1. The Hall–Kier alpha value is -1.93. The van der Waals surface area contributed by atoms with E-state index < -0.39 is 11.7 Å². The lowest BCUT2D eigenvalue weighted by molar-refractivity contribution is -0.137. The molecule has 4 atom stereocenters. The van der Waals surface area contributed by atoms with E-state index in [1.807, 2.05) is 18.5 Å². The van der Waals surface area contributed by atoms with Crippen LogP contribution < -0.4 is 0 Å². The number of aromatic nitrogens is 3. The molecule has 0 N–H and O–H groups in total. The molecule has 5 nitrogen and oxygen atoms in total. The number of fused-ring (bicyclic) bond motifs is 1. The molecule has 3 fully saturated rings. The van der Waals surface area contributed by atoms with Gasteiger partial charge in [0, 0.05) is 43.3 Å². The van der Waals surface area contributed by atoms with Gasteiger partial charge in [0.15, 0.2) is 5.82 Å². The summed E-state index contributed by atoms with van der Waals surface area (Å²) in [5.41, 5.74) is -0.247. The van der Waals surface area contributed by atoms with Crippen LogP contribution in [-0.2, 0) is 10.9 Å². The van der Waals surface area contributed by atoms with Crippen molar-refractivity contribution in [2.45, 2.75) is 57.3 Å². The summed E-state index contributed by atoms with van der Waals surface area (Å²) in [5.74, 6) is 2.90. The summed E-state index contributed by atoms with van der Waals surface area (Å²) in [4.78, 5) is 7.35. The molecule has 2 aromatic rings. The zero-order chi connectivity index (χ0) is 21.8. The van der Waals surface area contributed by atoms with Crippen LogP contribution in [0.5, 0.6) is 0 Å². The monoisotopic (exact) mass is 434 g/mol. The molecule has 0 radical (unpaired) electrons. The van der Waals surface area contributed by atoms with Crippen molar-refractivity contribution in [2.75, 3.05) is 26.3 Å². The molecule has 0 amide bonds. The molecule has 2 heterocycles. The number of nitrogens with zero attached hydrogens (tertiary/aromatic N) is 4. The minimum absolute atomic E-state index is 0.113. The molecular formula is C23H29F3N4O. The van der Waals surface area contributed by atoms with Crippen LogP contribution in [0.1, 0.15) is 56.5 Å². The topological polar surface area (TPSA) is 43.2 Å². The van der Waals surface area contributed by atoms with Crippen molar-refractivity contribution in [3.8, 4) is 11.4 Å². The SMILES string of the molecule is CC(C)n1nc(-c2cccc(C(F)(F)F)c2)nc1C1[C@H]2CC(N3CCCOCC3)C[C@@H]12. The van der Waals surface area contributed by atoms with E-state index in [1.54, 1.807) is 6.07 Å². The Balaban J connectivity index is 1.35. The van der Waals surface area contributed by atoms with Gasteiger partial charge in [-0.15, -0.1) is 0 Å². The van der Waals surface area contributed by atoms with Gasteiger partial charge in [-0.25, -0.2) is 9.67 Å². The first-order chi connectivity index (χ1) is 14.8. The number of hydrogen-bond acceptors (Lipinski definition) is 4. The average molecular weight is 435 g/mol. The normalized spacial score (nSPS) is 29.2. The third-order valence-electron chi connectivity index (χ3n) is 7.09. The van der Waals surface area contributed by atoms with Crippen LogP contribution in [0.2, 0.25) is 0 Å². The van der Waals surface area contributed by atoms with E-state index in [0.29, 0.717) is 35.2 Å². The van der Waals surface area contributed by atoms with E-state index >= 15 is 0 Å². The fourth-order valence-electron chi connectivity index (χ4n) is 5.52. The van der Waals surface area contributed by atoms with Crippen LogP contribution in [0.25, 0.3) is 11.4 Å². The molecule has 31 heavy (non-hydrogen) atoms. The molecular weight excluding hydrogens is 405 g/mol. The van der Waals surface area contributed by atoms with E-state index in [-0.39, 0.29) is 6.04 Å². The summed E-state index contributed by atoms with van der Waals surface area (Å²) in [7, 11) is 0. The van der Waals surface area contributed by atoms with Crippen molar-refractivity contribution < 1.29 is 17.9 Å². The number of benzene rings is 1. The Morgan fingerprint density at radius 1 is 1.10 bits per heavy atom. The Bertz CT molecular complexity index is 921. The van der Waals surface area contributed by atoms with Crippen LogP contribution in [-0.4, -0.2) is 52.0 Å². The van der Waals surface area contributed by atoms with Crippen molar-refractivity contribution in [3.63, 3.8) is 0 Å². The summed E-state index contributed by atoms with van der Waals surface area (Å²) in [5, 5.41) is 4.62. The summed E-state index contributed by atoms with van der Waals surface area (Å²) in [6.07, 6.45) is -0.948. The lowest BCUT2D eigenvalue weighted by Gasteiger charge is -2.28. The van der Waals surface area contributed by atoms with Crippen molar-refractivity contribution in [1.29, 1.82) is 0 Å². The fourth-order valence-corrected chi connectivity index (χ4v) is 5.52. The largest absolute Gasteiger partial charge is 0.416 e. The molecule has 0 bridgehead atoms. The van der Waals surface area contributed by atoms with E-state index in [0.717, 1.165) is 50.7 Å². The molecule has 2 unspecified atom stereocenters. The molecule has 2 aliphatic carbocycles. The molecule has 5 rings (SSSR count). The second kappa shape index (κ2) is 7.89. The number of alkyl halides is 3. The highest BCUT2D eigenvalue weighted by Gasteiger charge is 2.59. The van der Waals surface area contributed by atoms with Gasteiger partial charge in [0.2, 0.25) is 0 Å². The summed E-state index contributed by atoms with van der Waals surface area (Å²) in [6, 6.07) is 6.05. The Morgan fingerprint density at radius 3 is 2.58 bits per heavy atom. The average Bonchev–Trinajstić information content (AvgIpc) is 3.07. The third-order valence-corrected chi connectivity index (χ3v) is 7.09. The zero-order valence-electron chi connectivity index (χ0n) is 18.0. The Kier molecular flexibility index (Phi) is 5.33. The van der Waals surface area contributed by atoms with Gasteiger partial charge in [0.05, 0.1) is 12.2 Å². The van der Waals surface area contributed by atoms with Gasteiger partial charge in [0.25, 0.3) is 0 Å². The quantitative estimate of drug-likeness (QED) is 0.696. The molecule has 3 aliphatic rings. The molecule has 8 heteroatoms. The van der Waals surface area contributed by atoms with Crippen molar-refractivity contribution >= 4 is 0 Å². The summed E-state index contributed by atoms with van der Waals surface area (Å²) >= 11 is 0. The Labute approximate surface area is 180 Å². The van der Waals surface area contributed by atoms with Crippen LogP contribution in [0.4, 0.5) is 13.2 Å². The highest BCUT2D eigenvalue weighted by Crippen LogP contribution is 2.63. The summed E-state index contributed by atoms with van der Waals surface area (Å²) < 4.78 is 47.0. The van der Waals surface area contributed by atoms with Crippen LogP contribution >= 0.6 is 0 Å². The number of hydrogen-bond donors (Lipinski definition) is 0. The summed E-state index contributed by atoms with van der Waals surface area (Å²) in [6.45, 7) is 7.89. The molecule has 1 saturated heterocycles. The van der Waals surface area contributed by atoms with Crippen LogP contribution in [0, 0.1) is 11.8 Å². The van der Waals surface area contributed by atoms with Gasteiger partial charge >= 0.3 is 6.18 Å². The van der Waals surface area contributed by atoms with Crippen LogP contribution in [0.15, 0.2) is 24.3 Å². The van der Waals surface area contributed by atoms with E-state index in [1.165, 1.54) is 18.9 Å². The maximum absolute atomic E-state index is 13.1. The van der Waals surface area contributed by atoms with Gasteiger partial charge in [-0.05, 0) is 57.1 Å². The highest BCUT2D eigenvalue weighted by molar-refractivity contribution is 5.56. The minimum Gasteiger partial charge on any atom is -0.380 e. The molecule has 1 aromatic heterocycles. The minimum atomic E-state index is -4.37. The lowest BCUT2D eigenvalue weighted by atomic mass is 10.0. The van der Waals surface area contributed by atoms with Gasteiger partial charge in [-0.2, -0.15) is 18.3 Å². The lowest BCUT2D eigenvalue weighted by Crippen LogP contribution is -2.36. The van der Waals surface area contributed by atoms with Gasteiger partial charge in [0.1, 0.15) is 5.82 Å². The molecule has 0 spiro atoms. The Morgan fingerprint density at radius 2 is 1.87 bits per heavy atom. The zero-order valence-corrected chi connectivity index (χ0v) is 18.0. The fraction of sp³-hybridized carbons (Fsp3) is 0.652. The first kappa shape index (κ1) is 20.9.